The number of carbonyl (C=O) groups is 1. The molecular weight excluding hydrogens is 320 g/mol. The van der Waals surface area contributed by atoms with E-state index in [1.165, 1.54) is 56.9 Å². The molecule has 146 valence electrons. The lowest BCUT2D eigenvalue weighted by atomic mass is 9.49. The number of fused-ring (bicyclic) bond motifs is 4. The van der Waals surface area contributed by atoms with Gasteiger partial charge in [0.2, 0.25) is 0 Å². The van der Waals surface area contributed by atoms with Crippen LogP contribution in [0.2, 0.25) is 0 Å². The highest BCUT2D eigenvalue weighted by atomic mass is 16.2. The Kier molecular flexibility index (Phi) is 4.87. The minimum absolute atomic E-state index is 0.107. The van der Waals surface area contributed by atoms with Gasteiger partial charge in [-0.3, -0.25) is 4.79 Å². The van der Waals surface area contributed by atoms with Gasteiger partial charge < -0.3 is 5.11 Å². The highest BCUT2D eigenvalue weighted by Crippen LogP contribution is 2.65. The summed E-state index contributed by atoms with van der Waals surface area (Å²) in [6, 6.07) is 0. The number of aliphatic hydroxyl groups is 1. The second kappa shape index (κ2) is 6.76. The van der Waals surface area contributed by atoms with Gasteiger partial charge >= 0.3 is 0 Å². The highest BCUT2D eigenvalue weighted by Gasteiger charge is 2.57. The van der Waals surface area contributed by atoms with E-state index in [4.69, 9.17) is 0 Å². The van der Waals surface area contributed by atoms with Crippen LogP contribution in [0.1, 0.15) is 91.4 Å². The minimum Gasteiger partial charge on any atom is -0.396 e. The Balaban J connectivity index is 1.68. The summed E-state index contributed by atoms with van der Waals surface area (Å²) >= 11 is 0. The van der Waals surface area contributed by atoms with Gasteiger partial charge in [-0.25, -0.2) is 0 Å². The van der Waals surface area contributed by atoms with E-state index < -0.39 is 0 Å². The number of ketones is 1. The molecule has 4 aliphatic rings. The van der Waals surface area contributed by atoms with Gasteiger partial charge in [-0.2, -0.15) is 0 Å². The average molecular weight is 359 g/mol. The molecule has 0 aromatic heterocycles. The summed E-state index contributed by atoms with van der Waals surface area (Å²) in [5, 5.41) is 9.22. The van der Waals surface area contributed by atoms with Crippen LogP contribution < -0.4 is 0 Å². The molecule has 0 spiro atoms. The van der Waals surface area contributed by atoms with E-state index in [2.05, 4.69) is 20.8 Å². The molecule has 2 heteroatoms. The number of aliphatic hydroxyl groups excluding tert-OH is 1. The first kappa shape index (κ1) is 18.7. The Bertz CT molecular complexity index is 605. The van der Waals surface area contributed by atoms with Crippen LogP contribution in [0.4, 0.5) is 0 Å². The van der Waals surface area contributed by atoms with Gasteiger partial charge in [-0.15, -0.1) is 0 Å². The van der Waals surface area contributed by atoms with Crippen molar-refractivity contribution in [3.63, 3.8) is 0 Å². The highest BCUT2D eigenvalue weighted by molar-refractivity contribution is 6.00. The maximum Gasteiger partial charge on any atom is 0.159 e. The van der Waals surface area contributed by atoms with E-state index in [1.54, 1.807) is 5.57 Å². The van der Waals surface area contributed by atoms with Crippen molar-refractivity contribution in [3.8, 4) is 0 Å². The first-order chi connectivity index (χ1) is 12.4. The van der Waals surface area contributed by atoms with E-state index in [-0.39, 0.29) is 12.0 Å². The van der Waals surface area contributed by atoms with E-state index >= 15 is 0 Å². The van der Waals surface area contributed by atoms with Gasteiger partial charge in [0.05, 0.1) is 0 Å². The number of rotatable bonds is 4. The lowest BCUT2D eigenvalue weighted by Crippen LogP contribution is -2.46. The molecule has 2 nitrogen and oxygen atoms in total. The Morgan fingerprint density at radius 2 is 1.96 bits per heavy atom. The Labute approximate surface area is 159 Å². The molecule has 4 rings (SSSR count). The van der Waals surface area contributed by atoms with E-state index in [1.807, 2.05) is 0 Å². The van der Waals surface area contributed by atoms with Gasteiger partial charge in [-0.05, 0) is 85.9 Å². The van der Waals surface area contributed by atoms with E-state index in [0.29, 0.717) is 29.0 Å². The zero-order valence-electron chi connectivity index (χ0n) is 17.2. The van der Waals surface area contributed by atoms with Crippen molar-refractivity contribution in [1.82, 2.24) is 0 Å². The summed E-state index contributed by atoms with van der Waals surface area (Å²) in [6.07, 6.45) is 13.3. The molecule has 4 aliphatic carbocycles. The first-order valence-electron chi connectivity index (χ1n) is 11.3. The third-order valence-corrected chi connectivity index (χ3v) is 9.28. The third kappa shape index (κ3) is 2.65. The summed E-state index contributed by atoms with van der Waals surface area (Å²) in [5.74, 6) is 3.07. The van der Waals surface area contributed by atoms with Crippen molar-refractivity contribution in [3.05, 3.63) is 11.1 Å². The quantitative estimate of drug-likeness (QED) is 0.701. The van der Waals surface area contributed by atoms with Crippen LogP contribution >= 0.6 is 0 Å². The van der Waals surface area contributed by atoms with Crippen molar-refractivity contribution < 1.29 is 9.90 Å². The van der Waals surface area contributed by atoms with Crippen molar-refractivity contribution in [2.45, 2.75) is 91.4 Å². The van der Waals surface area contributed by atoms with Crippen LogP contribution in [0.15, 0.2) is 11.1 Å². The molecule has 26 heavy (non-hydrogen) atoms. The molecule has 0 saturated heterocycles. The summed E-state index contributed by atoms with van der Waals surface area (Å²) in [7, 11) is 0. The van der Waals surface area contributed by atoms with E-state index in [9.17, 15) is 9.90 Å². The normalized spacial score (nSPS) is 43.7. The molecule has 3 saturated carbocycles. The van der Waals surface area contributed by atoms with E-state index in [0.717, 1.165) is 25.2 Å². The fourth-order valence-electron chi connectivity index (χ4n) is 7.84. The number of hydrogen-bond donors (Lipinski definition) is 1. The molecule has 0 radical (unpaired) electrons. The number of Topliss-reactive ketones (excluding diaryl/α,β-unsaturated/α-hetero) is 1. The maximum absolute atomic E-state index is 13.2. The van der Waals surface area contributed by atoms with Crippen molar-refractivity contribution in [2.75, 3.05) is 6.61 Å². The molecule has 1 unspecified atom stereocenters. The van der Waals surface area contributed by atoms with Crippen LogP contribution in [-0.2, 0) is 4.79 Å². The summed E-state index contributed by atoms with van der Waals surface area (Å²) in [6.45, 7) is 7.56. The van der Waals surface area contributed by atoms with Gasteiger partial charge in [0, 0.05) is 18.6 Å². The first-order valence-corrected chi connectivity index (χ1v) is 11.3. The lowest BCUT2D eigenvalue weighted by Gasteiger charge is -2.55. The molecule has 0 bridgehead atoms. The van der Waals surface area contributed by atoms with Crippen LogP contribution in [0, 0.1) is 34.5 Å². The summed E-state index contributed by atoms with van der Waals surface area (Å²) in [5.41, 5.74) is 3.46. The zero-order valence-corrected chi connectivity index (χ0v) is 17.2. The average Bonchev–Trinajstić information content (AvgIpc) is 2.90. The smallest absolute Gasteiger partial charge is 0.159 e. The second-order valence-corrected chi connectivity index (χ2v) is 10.5. The maximum atomic E-state index is 13.2. The van der Waals surface area contributed by atoms with Crippen LogP contribution in [0.5, 0.6) is 0 Å². The predicted octanol–water partition coefficient (Wildman–Crippen LogP) is 5.69. The molecule has 0 aromatic carbocycles. The molecule has 0 aromatic rings. The summed E-state index contributed by atoms with van der Waals surface area (Å²) < 4.78 is 0. The lowest BCUT2D eigenvalue weighted by molar-refractivity contribution is -0.115. The van der Waals surface area contributed by atoms with Crippen LogP contribution in [0.25, 0.3) is 0 Å². The van der Waals surface area contributed by atoms with Crippen molar-refractivity contribution in [2.24, 2.45) is 34.5 Å². The largest absolute Gasteiger partial charge is 0.396 e. The molecule has 1 N–H and O–H groups in total. The summed E-state index contributed by atoms with van der Waals surface area (Å²) in [4.78, 5) is 13.2. The standard InChI is InChI=1S/C24H38O2/c1-16(7-6-14-25)20-15-21(26)22-18-10-9-17-8-4-5-12-23(17,2)19(18)11-13-24(20,22)3/h16-17,19-20,25H,4-15H2,1-3H3/t16-,17?,19+,20-,23+,24-/m1/s1. The monoisotopic (exact) mass is 358 g/mol. The molecule has 0 heterocycles. The molecule has 6 atom stereocenters. The molecule has 0 amide bonds. The van der Waals surface area contributed by atoms with Gasteiger partial charge in [-0.1, -0.05) is 39.2 Å². The van der Waals surface area contributed by atoms with Crippen LogP contribution in [0.3, 0.4) is 0 Å². The van der Waals surface area contributed by atoms with Gasteiger partial charge in [0.25, 0.3) is 0 Å². The van der Waals surface area contributed by atoms with Gasteiger partial charge in [0.15, 0.2) is 5.78 Å². The van der Waals surface area contributed by atoms with Crippen LogP contribution in [-0.4, -0.2) is 17.5 Å². The number of allylic oxidation sites excluding steroid dienone is 2. The van der Waals surface area contributed by atoms with Crippen molar-refractivity contribution in [1.29, 1.82) is 0 Å². The zero-order chi connectivity index (χ0) is 18.5. The number of carbonyl (C=O) groups excluding carboxylic acids is 1. The Morgan fingerprint density at radius 3 is 2.73 bits per heavy atom. The second-order valence-electron chi connectivity index (χ2n) is 10.5. The topological polar surface area (TPSA) is 37.3 Å². The Morgan fingerprint density at radius 1 is 1.15 bits per heavy atom. The number of hydrogen-bond acceptors (Lipinski definition) is 2. The van der Waals surface area contributed by atoms with Gasteiger partial charge in [0.1, 0.15) is 0 Å². The molecular formula is C24H38O2. The fourth-order valence-corrected chi connectivity index (χ4v) is 7.84. The van der Waals surface area contributed by atoms with Crippen molar-refractivity contribution >= 4 is 5.78 Å². The SMILES string of the molecule is C[C@H](CCCO)[C@H]1CC(=O)C2=C3CCC4CCCC[C@]4(C)[C@H]3CC[C@@]21C. The predicted molar refractivity (Wildman–Crippen MR) is 106 cm³/mol. The Hall–Kier alpha value is -0.630. The third-order valence-electron chi connectivity index (χ3n) is 9.28. The molecule has 0 aliphatic heterocycles. The fraction of sp³-hybridized carbons (Fsp3) is 0.875. The minimum atomic E-state index is 0.107. The molecule has 3 fully saturated rings.